The Morgan fingerprint density at radius 1 is 1.44 bits per heavy atom. The highest BCUT2D eigenvalue weighted by molar-refractivity contribution is 9.10. The summed E-state index contributed by atoms with van der Waals surface area (Å²) in [6, 6.07) is 9.56. The van der Waals surface area contributed by atoms with Crippen molar-refractivity contribution in [3.63, 3.8) is 0 Å². The fourth-order valence-corrected chi connectivity index (χ4v) is 1.51. The predicted molar refractivity (Wildman–Crippen MR) is 67.6 cm³/mol. The molecule has 0 heterocycles. The van der Waals surface area contributed by atoms with Gasteiger partial charge in [0.05, 0.1) is 17.5 Å². The number of nitrogens with one attached hydrogen (secondary N) is 1. The van der Waals surface area contributed by atoms with E-state index in [0.717, 1.165) is 5.56 Å². The van der Waals surface area contributed by atoms with Crippen molar-refractivity contribution in [1.82, 2.24) is 5.32 Å². The van der Waals surface area contributed by atoms with E-state index in [9.17, 15) is 9.90 Å². The summed E-state index contributed by atoms with van der Waals surface area (Å²) in [5.41, 5.74) is 1.10. The van der Waals surface area contributed by atoms with Crippen LogP contribution in [0.15, 0.2) is 30.3 Å². The van der Waals surface area contributed by atoms with E-state index in [0.29, 0.717) is 6.42 Å². The lowest BCUT2D eigenvalue weighted by molar-refractivity contribution is -0.121. The van der Waals surface area contributed by atoms with Gasteiger partial charge in [0.1, 0.15) is 0 Å². The maximum atomic E-state index is 11.4. The minimum Gasteiger partial charge on any atom is -0.394 e. The molecule has 0 unspecified atom stereocenters. The molecule has 0 saturated carbocycles. The molecular weight excluding hydrogens is 270 g/mol. The van der Waals surface area contributed by atoms with E-state index in [1.165, 1.54) is 0 Å². The lowest BCUT2D eigenvalue weighted by Crippen LogP contribution is -2.42. The molecule has 0 aliphatic rings. The van der Waals surface area contributed by atoms with Crippen molar-refractivity contribution in [2.24, 2.45) is 0 Å². The molecule has 0 fully saturated rings. The van der Waals surface area contributed by atoms with Crippen LogP contribution in [0.3, 0.4) is 0 Å². The van der Waals surface area contributed by atoms with Crippen LogP contribution in [-0.2, 0) is 11.2 Å². The van der Waals surface area contributed by atoms with Gasteiger partial charge in [-0.05, 0) is 18.9 Å². The highest BCUT2D eigenvalue weighted by atomic mass is 79.9. The van der Waals surface area contributed by atoms with Gasteiger partial charge in [0.15, 0.2) is 0 Å². The summed E-state index contributed by atoms with van der Waals surface area (Å²) in [5, 5.41) is 12.0. The molecule has 0 aliphatic carbocycles. The summed E-state index contributed by atoms with van der Waals surface area (Å²) in [4.78, 5) is 11.2. The number of alkyl halides is 1. The van der Waals surface area contributed by atoms with Crippen LogP contribution in [0.2, 0.25) is 0 Å². The Morgan fingerprint density at radius 2 is 2.06 bits per heavy atom. The maximum absolute atomic E-state index is 11.4. The highest BCUT2D eigenvalue weighted by Crippen LogP contribution is 2.04. The van der Waals surface area contributed by atoms with Crippen LogP contribution in [0.25, 0.3) is 0 Å². The summed E-state index contributed by atoms with van der Waals surface area (Å²) in [5.74, 6) is -0.102. The van der Waals surface area contributed by atoms with Crippen molar-refractivity contribution < 1.29 is 9.90 Å². The number of rotatable bonds is 5. The quantitative estimate of drug-likeness (QED) is 0.806. The van der Waals surface area contributed by atoms with E-state index in [4.69, 9.17) is 0 Å². The minimum absolute atomic E-state index is 0.0552. The van der Waals surface area contributed by atoms with Crippen LogP contribution >= 0.6 is 15.9 Å². The molecule has 0 bridgehead atoms. The van der Waals surface area contributed by atoms with Crippen LogP contribution in [0.4, 0.5) is 0 Å². The lowest BCUT2D eigenvalue weighted by atomic mass is 10.1. The molecule has 0 saturated heterocycles. The highest BCUT2D eigenvalue weighted by Gasteiger charge is 2.15. The van der Waals surface area contributed by atoms with Crippen molar-refractivity contribution in [1.29, 1.82) is 0 Å². The normalized spacial score (nSPS) is 14.2. The second kappa shape index (κ2) is 6.66. The van der Waals surface area contributed by atoms with E-state index in [1.54, 1.807) is 6.92 Å². The first kappa shape index (κ1) is 13.2. The van der Waals surface area contributed by atoms with E-state index < -0.39 is 0 Å². The maximum Gasteiger partial charge on any atom is 0.233 e. The molecule has 4 heteroatoms. The zero-order valence-corrected chi connectivity index (χ0v) is 10.8. The molecule has 0 spiro atoms. The Kier molecular flexibility index (Phi) is 5.49. The average Bonchev–Trinajstić information content (AvgIpc) is 2.29. The van der Waals surface area contributed by atoms with Crippen molar-refractivity contribution in [2.75, 3.05) is 6.61 Å². The number of halogens is 1. The SMILES string of the molecule is C[C@@H](Br)C(=O)N[C@H](CO)Cc1ccccc1. The summed E-state index contributed by atoms with van der Waals surface area (Å²) in [6.07, 6.45) is 0.642. The number of amides is 1. The number of benzene rings is 1. The topological polar surface area (TPSA) is 49.3 Å². The monoisotopic (exact) mass is 285 g/mol. The molecule has 2 atom stereocenters. The summed E-state index contributed by atoms with van der Waals surface area (Å²) >= 11 is 3.19. The molecule has 0 aromatic heterocycles. The zero-order chi connectivity index (χ0) is 12.0. The minimum atomic E-state index is -0.239. The van der Waals surface area contributed by atoms with E-state index in [1.807, 2.05) is 30.3 Å². The van der Waals surface area contributed by atoms with Crippen LogP contribution in [0.5, 0.6) is 0 Å². The first-order valence-corrected chi connectivity index (χ1v) is 6.14. The standard InChI is InChI=1S/C12H16BrNO2/c1-9(13)12(16)14-11(8-15)7-10-5-3-2-4-6-10/h2-6,9,11,15H,7-8H2,1H3,(H,14,16)/t9-,11+/m1/s1. The van der Waals surface area contributed by atoms with Crippen molar-refractivity contribution in [3.8, 4) is 0 Å². The number of aliphatic hydroxyl groups is 1. The first-order valence-electron chi connectivity index (χ1n) is 5.22. The van der Waals surface area contributed by atoms with Gasteiger partial charge >= 0.3 is 0 Å². The molecule has 1 aromatic carbocycles. The first-order chi connectivity index (χ1) is 7.63. The third kappa shape index (κ3) is 4.33. The van der Waals surface area contributed by atoms with Crippen LogP contribution in [0, 0.1) is 0 Å². The molecular formula is C12H16BrNO2. The third-order valence-corrected chi connectivity index (χ3v) is 2.67. The van der Waals surface area contributed by atoms with Gasteiger partial charge in [-0.1, -0.05) is 46.3 Å². The van der Waals surface area contributed by atoms with Crippen molar-refractivity contribution in [2.45, 2.75) is 24.2 Å². The second-order valence-electron chi connectivity index (χ2n) is 3.69. The Bertz CT molecular complexity index is 327. The molecule has 88 valence electrons. The summed E-state index contributed by atoms with van der Waals surface area (Å²) < 4.78 is 0. The van der Waals surface area contributed by atoms with Gasteiger partial charge in [0, 0.05) is 0 Å². The molecule has 0 aliphatic heterocycles. The van der Waals surface area contributed by atoms with Gasteiger partial charge in [0.25, 0.3) is 0 Å². The fourth-order valence-electron chi connectivity index (χ4n) is 1.38. The number of hydrogen-bond acceptors (Lipinski definition) is 2. The van der Waals surface area contributed by atoms with Gasteiger partial charge in [-0.25, -0.2) is 0 Å². The molecule has 1 aromatic rings. The van der Waals surface area contributed by atoms with Gasteiger partial charge in [0.2, 0.25) is 5.91 Å². The Morgan fingerprint density at radius 3 is 2.56 bits per heavy atom. The van der Waals surface area contributed by atoms with Crippen LogP contribution < -0.4 is 5.32 Å². The summed E-state index contributed by atoms with van der Waals surface area (Å²) in [6.45, 7) is 1.70. The smallest absolute Gasteiger partial charge is 0.233 e. The van der Waals surface area contributed by atoms with Gasteiger partial charge in [-0.3, -0.25) is 4.79 Å². The molecule has 1 rings (SSSR count). The van der Waals surface area contributed by atoms with Crippen LogP contribution in [-0.4, -0.2) is 28.5 Å². The van der Waals surface area contributed by atoms with E-state index in [-0.39, 0.29) is 23.4 Å². The van der Waals surface area contributed by atoms with Crippen molar-refractivity contribution in [3.05, 3.63) is 35.9 Å². The number of hydrogen-bond donors (Lipinski definition) is 2. The molecule has 0 radical (unpaired) electrons. The Hall–Kier alpha value is -0.870. The molecule has 2 N–H and O–H groups in total. The fraction of sp³-hybridized carbons (Fsp3) is 0.417. The number of carbonyl (C=O) groups excluding carboxylic acids is 1. The molecule has 3 nitrogen and oxygen atoms in total. The second-order valence-corrected chi connectivity index (χ2v) is 5.07. The number of carbonyl (C=O) groups is 1. The average molecular weight is 286 g/mol. The lowest BCUT2D eigenvalue weighted by Gasteiger charge is -2.17. The molecule has 16 heavy (non-hydrogen) atoms. The van der Waals surface area contributed by atoms with Crippen LogP contribution in [0.1, 0.15) is 12.5 Å². The summed E-state index contributed by atoms with van der Waals surface area (Å²) in [7, 11) is 0. The third-order valence-electron chi connectivity index (χ3n) is 2.25. The number of aliphatic hydroxyl groups excluding tert-OH is 1. The predicted octanol–water partition coefficient (Wildman–Crippen LogP) is 1.49. The molecule has 1 amide bonds. The Labute approximate surface area is 104 Å². The van der Waals surface area contributed by atoms with Gasteiger partial charge in [-0.15, -0.1) is 0 Å². The van der Waals surface area contributed by atoms with E-state index >= 15 is 0 Å². The zero-order valence-electron chi connectivity index (χ0n) is 9.19. The van der Waals surface area contributed by atoms with E-state index in [2.05, 4.69) is 21.2 Å². The van der Waals surface area contributed by atoms with Gasteiger partial charge in [-0.2, -0.15) is 0 Å². The van der Waals surface area contributed by atoms with Gasteiger partial charge < -0.3 is 10.4 Å². The van der Waals surface area contributed by atoms with Crippen molar-refractivity contribution >= 4 is 21.8 Å². The Balaban J connectivity index is 2.53. The largest absolute Gasteiger partial charge is 0.394 e.